The molecular formula is C48H53F3N6O8S2. The molecule has 2 amide bonds. The average molecular weight is 963 g/mol. The van der Waals surface area contributed by atoms with Crippen LogP contribution in [0, 0.1) is 5.92 Å². The second kappa shape index (κ2) is 24.5. The summed E-state index contributed by atoms with van der Waals surface area (Å²) in [6.45, 7) is 3.00. The highest BCUT2D eigenvalue weighted by molar-refractivity contribution is 7.86. The summed E-state index contributed by atoms with van der Waals surface area (Å²) in [6, 6.07) is 36.2. The number of carbonyl (C=O) groups excluding carboxylic acids is 2. The van der Waals surface area contributed by atoms with Crippen LogP contribution in [0.15, 0.2) is 121 Å². The highest BCUT2D eigenvalue weighted by Crippen LogP contribution is 2.35. The number of likely N-dealkylation sites (tertiary alicyclic amines) is 1. The molecule has 1 N–H and O–H groups in total. The lowest BCUT2D eigenvalue weighted by molar-refractivity contribution is -0.738. The van der Waals surface area contributed by atoms with E-state index in [1.807, 2.05) is 88.0 Å². The van der Waals surface area contributed by atoms with E-state index in [9.17, 15) is 22.8 Å². The zero-order valence-corrected chi connectivity index (χ0v) is 38.6. The molecule has 0 aliphatic carbocycles. The van der Waals surface area contributed by atoms with Crippen molar-refractivity contribution >= 4 is 33.6 Å². The summed E-state index contributed by atoms with van der Waals surface area (Å²) in [5.74, 6) is 1.23. The van der Waals surface area contributed by atoms with Crippen molar-refractivity contribution in [1.29, 1.82) is 0 Å². The van der Waals surface area contributed by atoms with Crippen molar-refractivity contribution in [2.45, 2.75) is 70.1 Å². The van der Waals surface area contributed by atoms with E-state index in [-0.39, 0.29) is 19.3 Å². The maximum Gasteiger partial charge on any atom is 0.485 e. The molecule has 0 unspecified atom stereocenters. The molecule has 1 saturated heterocycles. The molecule has 2 aromatic heterocycles. The van der Waals surface area contributed by atoms with E-state index >= 15 is 0 Å². The molecule has 67 heavy (non-hydrogen) atoms. The van der Waals surface area contributed by atoms with Gasteiger partial charge in [0.1, 0.15) is 31.0 Å². The highest BCUT2D eigenvalue weighted by Gasteiger charge is 2.37. The van der Waals surface area contributed by atoms with Gasteiger partial charge in [0, 0.05) is 37.5 Å². The van der Waals surface area contributed by atoms with Crippen LogP contribution in [-0.2, 0) is 59.1 Å². The second-order valence-electron chi connectivity index (χ2n) is 15.8. The zero-order valence-electron chi connectivity index (χ0n) is 37.0. The number of thiazole rings is 1. The molecule has 1 fully saturated rings. The van der Waals surface area contributed by atoms with Gasteiger partial charge < -0.3 is 29.0 Å². The third kappa shape index (κ3) is 15.9. The van der Waals surface area contributed by atoms with Crippen LogP contribution in [0.4, 0.5) is 22.8 Å². The van der Waals surface area contributed by atoms with Gasteiger partial charge in [0.15, 0.2) is 27.7 Å². The minimum absolute atomic E-state index is 0.250. The fourth-order valence-electron chi connectivity index (χ4n) is 7.16. The number of nitrogens with one attached hydrogen (secondary N) is 1. The molecule has 1 aliphatic rings. The maximum absolute atomic E-state index is 12.7. The summed E-state index contributed by atoms with van der Waals surface area (Å²) in [5, 5.41) is 10.7. The van der Waals surface area contributed by atoms with Gasteiger partial charge in [-0.3, -0.25) is 0 Å². The predicted octanol–water partition coefficient (Wildman–Crippen LogP) is 8.72. The maximum atomic E-state index is 12.7. The van der Waals surface area contributed by atoms with E-state index < -0.39 is 21.7 Å². The number of unbranched alkanes of at least 4 members (excludes halogenated alkanes) is 1. The Kier molecular flexibility index (Phi) is 18.3. The molecule has 14 nitrogen and oxygen atoms in total. The van der Waals surface area contributed by atoms with Crippen molar-refractivity contribution < 1.29 is 54.6 Å². The van der Waals surface area contributed by atoms with E-state index in [2.05, 4.69) is 59.4 Å². The van der Waals surface area contributed by atoms with E-state index in [4.69, 9.17) is 37.4 Å². The Hall–Kier alpha value is -6.31. The number of aromatic nitrogens is 4. The molecule has 19 heteroatoms. The first-order valence-corrected chi connectivity index (χ1v) is 24.1. The van der Waals surface area contributed by atoms with Crippen molar-refractivity contribution in [3.05, 3.63) is 149 Å². The van der Waals surface area contributed by atoms with E-state index in [1.54, 1.807) is 11.3 Å². The zero-order chi connectivity index (χ0) is 47.7. The van der Waals surface area contributed by atoms with Gasteiger partial charge in [0.25, 0.3) is 0 Å². The summed E-state index contributed by atoms with van der Waals surface area (Å²) in [5.41, 5.74) is 1.62. The lowest BCUT2D eigenvalue weighted by atomic mass is 9.94. The van der Waals surface area contributed by atoms with Crippen molar-refractivity contribution in [1.82, 2.24) is 25.1 Å². The largest absolute Gasteiger partial charge is 0.741 e. The normalized spacial score (nSPS) is 13.1. The lowest BCUT2D eigenvalue weighted by Gasteiger charge is -2.31. The number of piperidine rings is 1. The number of amides is 2. The highest BCUT2D eigenvalue weighted by atomic mass is 32.2. The molecule has 0 atom stereocenters. The van der Waals surface area contributed by atoms with Crippen LogP contribution in [-0.4, -0.2) is 76.7 Å². The summed E-state index contributed by atoms with van der Waals surface area (Å²) in [7, 11) is -4.13. The second-order valence-corrected chi connectivity index (χ2v) is 18.1. The van der Waals surface area contributed by atoms with Gasteiger partial charge in [0.2, 0.25) is 0 Å². The van der Waals surface area contributed by atoms with E-state index in [0.29, 0.717) is 32.2 Å². The third-order valence-corrected chi connectivity index (χ3v) is 12.4. The number of carbonyl (C=O) groups is 2. The summed E-state index contributed by atoms with van der Waals surface area (Å²) >= 11 is 1.64. The van der Waals surface area contributed by atoms with Crippen molar-refractivity contribution in [3.63, 3.8) is 0 Å². The van der Waals surface area contributed by atoms with Crippen LogP contribution >= 0.6 is 11.3 Å². The van der Waals surface area contributed by atoms with Crippen LogP contribution in [0.25, 0.3) is 16.3 Å². The van der Waals surface area contributed by atoms with E-state index in [0.717, 1.165) is 95.9 Å². The lowest BCUT2D eigenvalue weighted by Crippen LogP contribution is -2.39. The smallest absolute Gasteiger partial charge is 0.485 e. The SMILES string of the molecule is C[n+]1nn(-c2ccc(-c3nc(CCc4ccccc4)cs3)c(OCCC3CCN(C(=O)OCc4ccccc4)CC3)c2)cc1CCCCNC(=O)OCc1ccccc1.O=S(=O)([O-])C(F)(F)F. The number of ether oxygens (including phenoxy) is 3. The van der Waals surface area contributed by atoms with E-state index in [1.165, 1.54) is 5.56 Å². The van der Waals surface area contributed by atoms with Crippen LogP contribution < -0.4 is 14.7 Å². The number of alkyl halides is 3. The van der Waals surface area contributed by atoms with Gasteiger partial charge in [0.05, 0.1) is 23.1 Å². The van der Waals surface area contributed by atoms with Gasteiger partial charge in [-0.1, -0.05) is 91.0 Å². The Morgan fingerprint density at radius 2 is 1.46 bits per heavy atom. The monoisotopic (exact) mass is 962 g/mol. The molecule has 1 aliphatic heterocycles. The number of aryl methyl sites for hydroxylation is 4. The molecule has 4 aromatic carbocycles. The van der Waals surface area contributed by atoms with Crippen LogP contribution in [0.1, 0.15) is 60.2 Å². The Labute approximate surface area is 392 Å². The van der Waals surface area contributed by atoms with Crippen molar-refractivity contribution in [2.75, 3.05) is 26.2 Å². The number of alkyl carbamates (subject to hydrolysis) is 1. The molecule has 356 valence electrons. The topological polar surface area (TPSA) is 169 Å². The molecule has 0 spiro atoms. The summed E-state index contributed by atoms with van der Waals surface area (Å²) in [4.78, 5) is 31.8. The molecule has 3 heterocycles. The van der Waals surface area contributed by atoms with Gasteiger partial charge in [-0.2, -0.15) is 13.2 Å². The Morgan fingerprint density at radius 1 is 0.851 bits per heavy atom. The fourth-order valence-corrected chi connectivity index (χ4v) is 8.05. The average Bonchev–Trinajstić information content (AvgIpc) is 3.96. The van der Waals surface area contributed by atoms with Crippen molar-refractivity contribution in [3.8, 4) is 22.0 Å². The number of halogens is 3. The third-order valence-electron chi connectivity index (χ3n) is 10.9. The summed E-state index contributed by atoms with van der Waals surface area (Å²) < 4.78 is 80.2. The standard InChI is InChI=1S/C47H52N6O5S.CHF3O3S/c1-51-42(19-11-12-27-48-46(54)57-33-38-15-7-3-8-16-38)32-53(50-51)41-22-23-43(45-49-40(35-59-45)21-20-36-13-5-2-6-14-36)44(31-41)56-30-26-37-24-28-52(29-25-37)47(55)58-34-39-17-9-4-10-18-39;2-1(3,4)8(5,6)7/h2-10,13-18,22-23,31-32,35,37H,11-12,19-21,24-30,33-34H2,1H3;(H,5,6,7). The number of nitrogens with zero attached hydrogens (tertiary/aromatic N) is 5. The Morgan fingerprint density at radius 3 is 2.09 bits per heavy atom. The van der Waals surface area contributed by atoms with Crippen LogP contribution in [0.5, 0.6) is 5.75 Å². The van der Waals surface area contributed by atoms with Gasteiger partial charge in [-0.15, -0.1) is 20.7 Å². The predicted molar refractivity (Wildman–Crippen MR) is 244 cm³/mol. The van der Waals surface area contributed by atoms with Gasteiger partial charge in [-0.25, -0.2) is 23.0 Å². The van der Waals surface area contributed by atoms with Crippen molar-refractivity contribution in [2.24, 2.45) is 13.0 Å². The van der Waals surface area contributed by atoms with Crippen LogP contribution in [0.2, 0.25) is 0 Å². The molecule has 7 rings (SSSR count). The number of hydrogen-bond acceptors (Lipinski definition) is 11. The van der Waals surface area contributed by atoms with Gasteiger partial charge in [-0.05, 0) is 79.7 Å². The molecule has 0 bridgehead atoms. The molecule has 0 radical (unpaired) electrons. The quantitative estimate of drug-likeness (QED) is 0.0381. The Bertz CT molecular complexity index is 2590. The summed E-state index contributed by atoms with van der Waals surface area (Å²) in [6.07, 6.45) is 8.43. The molecule has 0 saturated carbocycles. The number of benzene rings is 4. The Balaban J connectivity index is 0.000000848. The minimum Gasteiger partial charge on any atom is -0.741 e. The first-order chi connectivity index (χ1) is 32.2. The molecule has 6 aromatic rings. The first-order valence-electron chi connectivity index (χ1n) is 21.8. The molecular weight excluding hydrogens is 910 g/mol. The fraction of sp³-hybridized carbons (Fsp3) is 0.354. The van der Waals surface area contributed by atoms with Crippen LogP contribution in [0.3, 0.4) is 0 Å². The number of hydrogen-bond donors (Lipinski definition) is 1. The van der Waals surface area contributed by atoms with Gasteiger partial charge >= 0.3 is 17.7 Å². The minimum atomic E-state index is -6.09. The number of rotatable bonds is 18. The first kappa shape index (κ1) is 50.1.